The number of hydrogen-bond donors (Lipinski definition) is 2. The quantitative estimate of drug-likeness (QED) is 0.604. The fourth-order valence-corrected chi connectivity index (χ4v) is 3.75. The summed E-state index contributed by atoms with van der Waals surface area (Å²) in [5.74, 6) is 5.30. The van der Waals surface area contributed by atoms with Crippen molar-refractivity contribution in [1.82, 2.24) is 5.43 Å². The average Bonchev–Trinajstić information content (AvgIpc) is 2.76. The Hall–Kier alpha value is -0.270. The molecule has 0 amide bonds. The van der Waals surface area contributed by atoms with Crippen molar-refractivity contribution in [2.75, 3.05) is 0 Å². The fraction of sp³-hybridized carbons (Fsp3) is 0.167. The molecule has 18 heavy (non-hydrogen) atoms. The Morgan fingerprint density at radius 1 is 1.39 bits per heavy atom. The van der Waals surface area contributed by atoms with Crippen molar-refractivity contribution in [2.45, 2.75) is 12.5 Å². The van der Waals surface area contributed by atoms with E-state index in [9.17, 15) is 4.39 Å². The number of thiophene rings is 1. The molecule has 0 aliphatic rings. The summed E-state index contributed by atoms with van der Waals surface area (Å²) in [5.41, 5.74) is 3.56. The molecule has 1 aromatic heterocycles. The van der Waals surface area contributed by atoms with Gasteiger partial charge in [0.2, 0.25) is 0 Å². The first-order chi connectivity index (χ1) is 8.61. The van der Waals surface area contributed by atoms with Crippen molar-refractivity contribution in [3.8, 4) is 0 Å². The second-order valence-corrected chi connectivity index (χ2v) is 6.50. The summed E-state index contributed by atoms with van der Waals surface area (Å²) >= 11 is 8.33. The zero-order chi connectivity index (χ0) is 13.1. The van der Waals surface area contributed by atoms with Crippen molar-refractivity contribution in [3.63, 3.8) is 0 Å². The molecule has 0 saturated carbocycles. The van der Waals surface area contributed by atoms with Crippen LogP contribution in [0.25, 0.3) is 0 Å². The second-order valence-electron chi connectivity index (χ2n) is 3.80. The van der Waals surface area contributed by atoms with Crippen LogP contribution in [0.2, 0.25) is 0 Å². The molecule has 2 rings (SSSR count). The lowest BCUT2D eigenvalue weighted by Crippen LogP contribution is -2.29. The highest BCUT2D eigenvalue weighted by Crippen LogP contribution is 2.30. The van der Waals surface area contributed by atoms with Gasteiger partial charge in [0.1, 0.15) is 5.82 Å². The van der Waals surface area contributed by atoms with Crippen LogP contribution in [0.4, 0.5) is 4.39 Å². The molecule has 3 N–H and O–H groups in total. The Labute approximate surface area is 126 Å². The van der Waals surface area contributed by atoms with Gasteiger partial charge in [0.25, 0.3) is 0 Å². The van der Waals surface area contributed by atoms with E-state index in [1.165, 1.54) is 10.9 Å². The van der Waals surface area contributed by atoms with Crippen LogP contribution in [0.1, 0.15) is 16.5 Å². The number of rotatable bonds is 4. The molecule has 1 atom stereocenters. The smallest absolute Gasteiger partial charge is 0.137 e. The summed E-state index contributed by atoms with van der Waals surface area (Å²) in [7, 11) is 0. The number of hydrazine groups is 1. The van der Waals surface area contributed by atoms with Gasteiger partial charge in [0, 0.05) is 21.2 Å². The minimum Gasteiger partial charge on any atom is -0.271 e. The van der Waals surface area contributed by atoms with E-state index in [1.807, 2.05) is 17.5 Å². The third-order valence-corrected chi connectivity index (χ3v) is 5.14. The summed E-state index contributed by atoms with van der Waals surface area (Å²) < 4.78 is 15.0. The van der Waals surface area contributed by atoms with E-state index in [4.69, 9.17) is 5.84 Å². The Balaban J connectivity index is 2.25. The van der Waals surface area contributed by atoms with Crippen LogP contribution in [0, 0.1) is 5.82 Å². The molecule has 0 saturated heterocycles. The third-order valence-electron chi connectivity index (χ3n) is 2.59. The molecule has 96 valence electrons. The number of nitrogens with two attached hydrogens (primary N) is 1. The zero-order valence-corrected chi connectivity index (χ0v) is 13.3. The Kier molecular flexibility index (Phi) is 4.91. The number of benzene rings is 1. The lowest BCUT2D eigenvalue weighted by Gasteiger charge is -2.17. The first-order valence-electron chi connectivity index (χ1n) is 5.24. The predicted molar refractivity (Wildman–Crippen MR) is 79.9 cm³/mol. The van der Waals surface area contributed by atoms with Crippen LogP contribution in [0.3, 0.4) is 0 Å². The fourth-order valence-electron chi connectivity index (χ4n) is 1.71. The van der Waals surface area contributed by atoms with Crippen molar-refractivity contribution in [2.24, 2.45) is 5.84 Å². The number of nitrogens with one attached hydrogen (secondary N) is 1. The summed E-state index contributed by atoms with van der Waals surface area (Å²) in [5, 5.41) is 2.02. The highest BCUT2D eigenvalue weighted by molar-refractivity contribution is 9.10. The van der Waals surface area contributed by atoms with Crippen molar-refractivity contribution < 1.29 is 4.39 Å². The van der Waals surface area contributed by atoms with Gasteiger partial charge in [-0.1, -0.05) is 12.1 Å². The van der Waals surface area contributed by atoms with Crippen LogP contribution in [-0.4, -0.2) is 0 Å². The first kappa shape index (κ1) is 14.1. The normalized spacial score (nSPS) is 12.7. The molecule has 1 heterocycles. The summed E-state index contributed by atoms with van der Waals surface area (Å²) in [6.45, 7) is 0. The van der Waals surface area contributed by atoms with Gasteiger partial charge in [-0.15, -0.1) is 11.3 Å². The van der Waals surface area contributed by atoms with Gasteiger partial charge in [0.05, 0.1) is 10.5 Å². The molecular formula is C12H11Br2FN2S. The average molecular weight is 394 g/mol. The van der Waals surface area contributed by atoms with Crippen LogP contribution < -0.4 is 11.3 Å². The molecule has 0 spiro atoms. The van der Waals surface area contributed by atoms with Crippen LogP contribution >= 0.6 is 43.2 Å². The van der Waals surface area contributed by atoms with Gasteiger partial charge in [-0.25, -0.2) is 4.39 Å². The zero-order valence-electron chi connectivity index (χ0n) is 9.29. The van der Waals surface area contributed by atoms with Crippen LogP contribution in [0.5, 0.6) is 0 Å². The Morgan fingerprint density at radius 2 is 2.17 bits per heavy atom. The minimum atomic E-state index is -0.278. The predicted octanol–water partition coefficient (Wildman–Crippen LogP) is 4.16. The Bertz CT molecular complexity index is 545. The second kappa shape index (κ2) is 6.25. The van der Waals surface area contributed by atoms with E-state index in [0.29, 0.717) is 4.47 Å². The molecule has 0 fully saturated rings. The summed E-state index contributed by atoms with van der Waals surface area (Å²) in [6, 6.07) is 6.89. The standard InChI is InChI=1S/C12H11Br2FN2S/c13-7-4-8(18-6-7)5-11(17-16)9-2-1-3-10(15)12(9)14/h1-4,6,11,17H,5,16H2. The number of halogens is 3. The highest BCUT2D eigenvalue weighted by Gasteiger charge is 2.16. The largest absolute Gasteiger partial charge is 0.271 e. The van der Waals surface area contributed by atoms with E-state index < -0.39 is 0 Å². The van der Waals surface area contributed by atoms with Gasteiger partial charge in [-0.2, -0.15) is 0 Å². The van der Waals surface area contributed by atoms with E-state index in [-0.39, 0.29) is 11.9 Å². The maximum Gasteiger partial charge on any atom is 0.137 e. The molecule has 2 aromatic rings. The molecule has 0 radical (unpaired) electrons. The van der Waals surface area contributed by atoms with Gasteiger partial charge in [-0.05, 0) is 49.6 Å². The summed E-state index contributed by atoms with van der Waals surface area (Å²) in [6.07, 6.45) is 0.717. The molecule has 0 aliphatic carbocycles. The van der Waals surface area contributed by atoms with Gasteiger partial charge >= 0.3 is 0 Å². The highest BCUT2D eigenvalue weighted by atomic mass is 79.9. The monoisotopic (exact) mass is 392 g/mol. The van der Waals surface area contributed by atoms with Gasteiger partial charge in [-0.3, -0.25) is 11.3 Å². The third kappa shape index (κ3) is 3.19. The molecule has 6 heteroatoms. The molecular weight excluding hydrogens is 383 g/mol. The number of hydrogen-bond acceptors (Lipinski definition) is 3. The lowest BCUT2D eigenvalue weighted by molar-refractivity contribution is 0.543. The molecule has 0 aliphatic heterocycles. The molecule has 1 aromatic carbocycles. The van der Waals surface area contributed by atoms with Crippen LogP contribution in [0.15, 0.2) is 38.6 Å². The molecule has 0 bridgehead atoms. The van der Waals surface area contributed by atoms with Crippen molar-refractivity contribution >= 4 is 43.2 Å². The Morgan fingerprint density at radius 3 is 2.78 bits per heavy atom. The topological polar surface area (TPSA) is 38.0 Å². The SMILES string of the molecule is NNC(Cc1cc(Br)cs1)c1cccc(F)c1Br. The van der Waals surface area contributed by atoms with E-state index >= 15 is 0 Å². The van der Waals surface area contributed by atoms with E-state index in [1.54, 1.807) is 17.4 Å². The van der Waals surface area contributed by atoms with Crippen LogP contribution in [-0.2, 0) is 6.42 Å². The lowest BCUT2D eigenvalue weighted by atomic mass is 10.0. The summed E-state index contributed by atoms with van der Waals surface area (Å²) in [4.78, 5) is 1.18. The van der Waals surface area contributed by atoms with E-state index in [0.717, 1.165) is 16.5 Å². The van der Waals surface area contributed by atoms with Crippen molar-refractivity contribution in [1.29, 1.82) is 0 Å². The first-order valence-corrected chi connectivity index (χ1v) is 7.71. The molecule has 1 unspecified atom stereocenters. The van der Waals surface area contributed by atoms with Gasteiger partial charge in [0.15, 0.2) is 0 Å². The van der Waals surface area contributed by atoms with E-state index in [2.05, 4.69) is 37.3 Å². The minimum absolute atomic E-state index is 0.124. The maximum absolute atomic E-state index is 13.5. The maximum atomic E-state index is 13.5. The van der Waals surface area contributed by atoms with Crippen molar-refractivity contribution in [3.05, 3.63) is 54.8 Å². The molecule has 2 nitrogen and oxygen atoms in total. The van der Waals surface area contributed by atoms with Gasteiger partial charge < -0.3 is 0 Å².